The molecule has 3 aromatic rings. The van der Waals surface area contributed by atoms with Gasteiger partial charge in [0, 0.05) is 23.7 Å². The first-order valence-corrected chi connectivity index (χ1v) is 9.07. The van der Waals surface area contributed by atoms with Crippen LogP contribution in [0.1, 0.15) is 17.0 Å². The first-order valence-electron chi connectivity index (χ1n) is 7.70. The highest BCUT2D eigenvalue weighted by molar-refractivity contribution is 7.98. The van der Waals surface area contributed by atoms with Crippen LogP contribution in [0.15, 0.2) is 72.4 Å². The van der Waals surface area contributed by atoms with Gasteiger partial charge < -0.3 is 4.57 Å². The third-order valence-corrected chi connectivity index (χ3v) is 4.84. The Bertz CT molecular complexity index is 814. The van der Waals surface area contributed by atoms with E-state index in [1.165, 1.54) is 11.1 Å². The van der Waals surface area contributed by atoms with Gasteiger partial charge in [-0.1, -0.05) is 71.9 Å². The van der Waals surface area contributed by atoms with Crippen LogP contribution in [0.2, 0.25) is 5.02 Å². The summed E-state index contributed by atoms with van der Waals surface area (Å²) >= 11 is 7.71. The van der Waals surface area contributed by atoms with Gasteiger partial charge in [0.15, 0.2) is 5.16 Å². The van der Waals surface area contributed by atoms with Gasteiger partial charge in [-0.25, -0.2) is 0 Å². The fourth-order valence-electron chi connectivity index (χ4n) is 2.42. The SMILES string of the molecule is C=CCn1c(Cc2ccccc2)nnc1SCc1cccc(Cl)c1. The number of hydrogen-bond donors (Lipinski definition) is 0. The normalized spacial score (nSPS) is 10.7. The average molecular weight is 356 g/mol. The van der Waals surface area contributed by atoms with Crippen LogP contribution in [0.4, 0.5) is 0 Å². The number of thioether (sulfide) groups is 1. The van der Waals surface area contributed by atoms with E-state index >= 15 is 0 Å². The van der Waals surface area contributed by atoms with E-state index in [1.54, 1.807) is 11.8 Å². The van der Waals surface area contributed by atoms with Crippen molar-refractivity contribution < 1.29 is 0 Å². The van der Waals surface area contributed by atoms with Gasteiger partial charge in [-0.05, 0) is 23.3 Å². The van der Waals surface area contributed by atoms with Crippen LogP contribution in [-0.4, -0.2) is 14.8 Å². The van der Waals surface area contributed by atoms with Crippen LogP contribution < -0.4 is 0 Å². The van der Waals surface area contributed by atoms with Crippen LogP contribution >= 0.6 is 23.4 Å². The predicted molar refractivity (Wildman–Crippen MR) is 100 cm³/mol. The summed E-state index contributed by atoms with van der Waals surface area (Å²) in [6, 6.07) is 18.2. The van der Waals surface area contributed by atoms with Gasteiger partial charge in [0.05, 0.1) is 0 Å². The topological polar surface area (TPSA) is 30.7 Å². The van der Waals surface area contributed by atoms with Gasteiger partial charge in [0.25, 0.3) is 0 Å². The molecular weight excluding hydrogens is 338 g/mol. The van der Waals surface area contributed by atoms with Gasteiger partial charge >= 0.3 is 0 Å². The molecule has 0 spiro atoms. The number of halogens is 1. The number of benzene rings is 2. The fraction of sp³-hybridized carbons (Fsp3) is 0.158. The molecule has 0 saturated heterocycles. The number of rotatable bonds is 7. The summed E-state index contributed by atoms with van der Waals surface area (Å²) in [5.41, 5.74) is 2.40. The predicted octanol–water partition coefficient (Wildman–Crippen LogP) is 5.00. The third kappa shape index (κ3) is 4.28. The Labute approximate surface area is 151 Å². The van der Waals surface area contributed by atoms with Crippen LogP contribution in [0.25, 0.3) is 0 Å². The molecule has 0 unspecified atom stereocenters. The first kappa shape index (κ1) is 16.8. The molecule has 3 nitrogen and oxygen atoms in total. The summed E-state index contributed by atoms with van der Waals surface area (Å²) in [5.74, 6) is 1.76. The quantitative estimate of drug-likeness (QED) is 0.441. The second kappa shape index (κ2) is 8.18. The Morgan fingerprint density at radius 2 is 1.83 bits per heavy atom. The Balaban J connectivity index is 1.76. The van der Waals surface area contributed by atoms with Crippen LogP contribution in [0.5, 0.6) is 0 Å². The summed E-state index contributed by atoms with van der Waals surface area (Å²) in [7, 11) is 0. The van der Waals surface area contributed by atoms with Gasteiger partial charge in [0.1, 0.15) is 5.82 Å². The summed E-state index contributed by atoms with van der Waals surface area (Å²) in [4.78, 5) is 0. The zero-order chi connectivity index (χ0) is 16.8. The molecule has 0 aliphatic rings. The lowest BCUT2D eigenvalue weighted by molar-refractivity contribution is 0.690. The van der Waals surface area contributed by atoms with E-state index in [9.17, 15) is 0 Å². The Hall–Kier alpha value is -2.04. The minimum Gasteiger partial charge on any atom is -0.302 e. The van der Waals surface area contributed by atoms with Crippen molar-refractivity contribution in [1.29, 1.82) is 0 Å². The van der Waals surface area contributed by atoms with Crippen molar-refractivity contribution >= 4 is 23.4 Å². The number of hydrogen-bond acceptors (Lipinski definition) is 3. The molecule has 5 heteroatoms. The van der Waals surface area contributed by atoms with Crippen LogP contribution in [-0.2, 0) is 18.7 Å². The van der Waals surface area contributed by atoms with Gasteiger partial charge in [0.2, 0.25) is 0 Å². The molecule has 0 atom stereocenters. The van der Waals surface area contributed by atoms with Crippen molar-refractivity contribution in [2.75, 3.05) is 0 Å². The highest BCUT2D eigenvalue weighted by Crippen LogP contribution is 2.24. The van der Waals surface area contributed by atoms with Gasteiger partial charge in [-0.3, -0.25) is 0 Å². The van der Waals surface area contributed by atoms with Crippen molar-refractivity contribution in [3.05, 3.63) is 89.2 Å². The van der Waals surface area contributed by atoms with Crippen molar-refractivity contribution in [1.82, 2.24) is 14.8 Å². The fourth-order valence-corrected chi connectivity index (χ4v) is 3.54. The van der Waals surface area contributed by atoms with Crippen molar-refractivity contribution in [3.8, 4) is 0 Å². The van der Waals surface area contributed by atoms with Gasteiger partial charge in [-0.15, -0.1) is 16.8 Å². The second-order valence-electron chi connectivity index (χ2n) is 5.38. The Morgan fingerprint density at radius 1 is 1.04 bits per heavy atom. The molecule has 0 fully saturated rings. The van der Waals surface area contributed by atoms with E-state index in [4.69, 9.17) is 11.6 Å². The molecule has 0 radical (unpaired) electrons. The highest BCUT2D eigenvalue weighted by atomic mass is 35.5. The zero-order valence-corrected chi connectivity index (χ0v) is 14.8. The molecule has 24 heavy (non-hydrogen) atoms. The van der Waals surface area contributed by atoms with Gasteiger partial charge in [-0.2, -0.15) is 0 Å². The minimum atomic E-state index is 0.701. The molecule has 0 aliphatic carbocycles. The lowest BCUT2D eigenvalue weighted by atomic mass is 10.1. The zero-order valence-electron chi connectivity index (χ0n) is 13.2. The summed E-state index contributed by atoms with van der Waals surface area (Å²) < 4.78 is 2.12. The minimum absolute atomic E-state index is 0.701. The largest absolute Gasteiger partial charge is 0.302 e. The van der Waals surface area contributed by atoms with Crippen molar-refractivity contribution in [2.24, 2.45) is 0 Å². The van der Waals surface area contributed by atoms with Crippen LogP contribution in [0, 0.1) is 0 Å². The summed E-state index contributed by atoms with van der Waals surface area (Å²) in [5, 5.41) is 10.4. The van der Waals surface area contributed by atoms with Crippen molar-refractivity contribution in [2.45, 2.75) is 23.9 Å². The number of aromatic nitrogens is 3. The second-order valence-corrected chi connectivity index (χ2v) is 6.76. The Morgan fingerprint density at radius 3 is 2.58 bits per heavy atom. The monoisotopic (exact) mass is 355 g/mol. The third-order valence-electron chi connectivity index (χ3n) is 3.57. The summed E-state index contributed by atoms with van der Waals surface area (Å²) in [6.45, 7) is 4.55. The molecule has 0 bridgehead atoms. The molecule has 0 saturated carbocycles. The maximum Gasteiger partial charge on any atom is 0.191 e. The molecule has 0 amide bonds. The first-order chi connectivity index (χ1) is 11.8. The molecule has 1 aromatic heterocycles. The molecular formula is C19H18ClN3S. The van der Waals surface area contributed by atoms with E-state index < -0.39 is 0 Å². The van der Waals surface area contributed by atoms with Crippen LogP contribution in [0.3, 0.4) is 0 Å². The van der Waals surface area contributed by atoms with E-state index in [0.29, 0.717) is 6.54 Å². The maximum absolute atomic E-state index is 6.05. The van der Waals surface area contributed by atoms with E-state index in [2.05, 4.69) is 39.5 Å². The van der Waals surface area contributed by atoms with Crippen molar-refractivity contribution in [3.63, 3.8) is 0 Å². The lowest BCUT2D eigenvalue weighted by Gasteiger charge is -2.08. The molecule has 0 N–H and O–H groups in total. The lowest BCUT2D eigenvalue weighted by Crippen LogP contribution is -2.04. The highest BCUT2D eigenvalue weighted by Gasteiger charge is 2.12. The molecule has 1 heterocycles. The van der Waals surface area contributed by atoms with E-state index in [1.807, 2.05) is 42.5 Å². The molecule has 122 valence electrons. The number of nitrogens with zero attached hydrogens (tertiary/aromatic N) is 3. The van der Waals surface area contributed by atoms with E-state index in [-0.39, 0.29) is 0 Å². The molecule has 3 rings (SSSR count). The maximum atomic E-state index is 6.05. The van der Waals surface area contributed by atoms with E-state index in [0.717, 1.165) is 28.2 Å². The Kier molecular flexibility index (Phi) is 5.72. The molecule has 0 aliphatic heterocycles. The smallest absolute Gasteiger partial charge is 0.191 e. The standard InChI is InChI=1S/C19H18ClN3S/c1-2-11-23-18(13-15-7-4-3-5-8-15)21-22-19(23)24-14-16-9-6-10-17(20)12-16/h2-10,12H,1,11,13-14H2. The molecule has 2 aromatic carbocycles. The summed E-state index contributed by atoms with van der Waals surface area (Å²) in [6.07, 6.45) is 2.64. The number of allylic oxidation sites excluding steroid dienone is 1. The average Bonchev–Trinajstić information content (AvgIpc) is 2.96.